The number of carbonyl (C=O) groups excluding carboxylic acids is 1. The highest BCUT2D eigenvalue weighted by atomic mass is 16.2. The lowest BCUT2D eigenvalue weighted by atomic mass is 9.85. The molecule has 0 radical (unpaired) electrons. The zero-order valence-electron chi connectivity index (χ0n) is 10.0. The summed E-state index contributed by atoms with van der Waals surface area (Å²) < 4.78 is 0. The maximum atomic E-state index is 12.1. The molecule has 0 heterocycles. The molecule has 1 fully saturated rings. The van der Waals surface area contributed by atoms with E-state index in [0.29, 0.717) is 17.0 Å². The van der Waals surface area contributed by atoms with Crippen LogP contribution in [0.4, 0.5) is 0 Å². The Morgan fingerprint density at radius 3 is 2.88 bits per heavy atom. The van der Waals surface area contributed by atoms with Gasteiger partial charge in [0.05, 0.1) is 11.6 Å². The van der Waals surface area contributed by atoms with E-state index in [4.69, 9.17) is 5.26 Å². The van der Waals surface area contributed by atoms with Gasteiger partial charge in [0.2, 0.25) is 0 Å². The zero-order chi connectivity index (χ0) is 12.3. The van der Waals surface area contributed by atoms with Gasteiger partial charge >= 0.3 is 0 Å². The van der Waals surface area contributed by atoms with Crippen molar-refractivity contribution in [1.82, 2.24) is 4.90 Å². The van der Waals surface area contributed by atoms with Crippen molar-refractivity contribution in [3.63, 3.8) is 0 Å². The second-order valence-corrected chi connectivity index (χ2v) is 4.68. The van der Waals surface area contributed by atoms with Gasteiger partial charge in [0.1, 0.15) is 0 Å². The van der Waals surface area contributed by atoms with Crippen molar-refractivity contribution in [1.29, 1.82) is 5.26 Å². The Kier molecular flexibility index (Phi) is 3.43. The Balaban J connectivity index is 2.04. The monoisotopic (exact) mass is 228 g/mol. The first-order valence-corrected chi connectivity index (χ1v) is 5.96. The fraction of sp³-hybridized carbons (Fsp3) is 0.429. The lowest BCUT2D eigenvalue weighted by Crippen LogP contribution is -2.34. The van der Waals surface area contributed by atoms with Crippen molar-refractivity contribution < 1.29 is 4.79 Å². The summed E-state index contributed by atoms with van der Waals surface area (Å²) in [4.78, 5) is 13.9. The van der Waals surface area contributed by atoms with Crippen LogP contribution in [0.25, 0.3) is 0 Å². The molecule has 1 saturated carbocycles. The van der Waals surface area contributed by atoms with Crippen LogP contribution < -0.4 is 0 Å². The normalized spacial score (nSPS) is 14.8. The molecule has 2 rings (SSSR count). The summed E-state index contributed by atoms with van der Waals surface area (Å²) in [7, 11) is 1.83. The van der Waals surface area contributed by atoms with Gasteiger partial charge in [-0.25, -0.2) is 0 Å². The van der Waals surface area contributed by atoms with Crippen molar-refractivity contribution in [3.8, 4) is 6.07 Å². The molecule has 1 aromatic rings. The largest absolute Gasteiger partial charge is 0.341 e. The SMILES string of the molecule is CN(CC1CCC1)C(=O)c1cccc(C#N)c1. The average molecular weight is 228 g/mol. The van der Waals surface area contributed by atoms with Crippen molar-refractivity contribution in [2.24, 2.45) is 5.92 Å². The Morgan fingerprint density at radius 1 is 1.53 bits per heavy atom. The van der Waals surface area contributed by atoms with Gasteiger partial charge in [-0.3, -0.25) is 4.79 Å². The van der Waals surface area contributed by atoms with Gasteiger partial charge in [0.15, 0.2) is 0 Å². The average Bonchev–Trinajstić information content (AvgIpc) is 2.32. The molecule has 1 aliphatic carbocycles. The van der Waals surface area contributed by atoms with Gasteiger partial charge < -0.3 is 4.90 Å². The third-order valence-corrected chi connectivity index (χ3v) is 3.34. The fourth-order valence-electron chi connectivity index (χ4n) is 2.09. The molecule has 0 N–H and O–H groups in total. The summed E-state index contributed by atoms with van der Waals surface area (Å²) in [5.41, 5.74) is 1.14. The van der Waals surface area contributed by atoms with E-state index in [1.807, 2.05) is 7.05 Å². The zero-order valence-corrected chi connectivity index (χ0v) is 10.0. The molecule has 17 heavy (non-hydrogen) atoms. The molecule has 0 aliphatic heterocycles. The predicted octanol–water partition coefficient (Wildman–Crippen LogP) is 2.43. The first-order valence-electron chi connectivity index (χ1n) is 5.96. The number of carbonyl (C=O) groups is 1. The van der Waals surface area contributed by atoms with E-state index in [0.717, 1.165) is 6.54 Å². The third-order valence-electron chi connectivity index (χ3n) is 3.34. The summed E-state index contributed by atoms with van der Waals surface area (Å²) >= 11 is 0. The smallest absolute Gasteiger partial charge is 0.253 e. The lowest BCUT2D eigenvalue weighted by Gasteiger charge is -2.30. The maximum Gasteiger partial charge on any atom is 0.253 e. The van der Waals surface area contributed by atoms with E-state index in [1.54, 1.807) is 29.2 Å². The Bertz CT molecular complexity index is 458. The van der Waals surface area contributed by atoms with Crippen molar-refractivity contribution >= 4 is 5.91 Å². The predicted molar refractivity (Wildman–Crippen MR) is 65.5 cm³/mol. The van der Waals surface area contributed by atoms with Crippen LogP contribution >= 0.6 is 0 Å². The Labute approximate surface area is 102 Å². The summed E-state index contributed by atoms with van der Waals surface area (Å²) in [5.74, 6) is 0.678. The van der Waals surface area contributed by atoms with E-state index in [9.17, 15) is 4.79 Å². The lowest BCUT2D eigenvalue weighted by molar-refractivity contribution is 0.0745. The van der Waals surface area contributed by atoms with Gasteiger partial charge in [-0.2, -0.15) is 5.26 Å². The fourth-order valence-corrected chi connectivity index (χ4v) is 2.09. The third kappa shape index (κ3) is 2.65. The van der Waals surface area contributed by atoms with Gasteiger partial charge in [-0.1, -0.05) is 12.5 Å². The number of benzene rings is 1. The Hall–Kier alpha value is -1.82. The molecule has 0 saturated heterocycles. The number of amides is 1. The van der Waals surface area contributed by atoms with Crippen LogP contribution in [0.2, 0.25) is 0 Å². The summed E-state index contributed by atoms with van der Waals surface area (Å²) in [5, 5.41) is 8.80. The maximum absolute atomic E-state index is 12.1. The van der Waals surface area contributed by atoms with E-state index in [2.05, 4.69) is 6.07 Å². The van der Waals surface area contributed by atoms with E-state index in [-0.39, 0.29) is 5.91 Å². The molecule has 1 amide bonds. The summed E-state index contributed by atoms with van der Waals surface area (Å²) in [6, 6.07) is 8.93. The summed E-state index contributed by atoms with van der Waals surface area (Å²) in [6.07, 6.45) is 3.75. The molecular formula is C14H16N2O. The molecule has 0 spiro atoms. The van der Waals surface area contributed by atoms with Gasteiger partial charge in [0.25, 0.3) is 5.91 Å². The van der Waals surface area contributed by atoms with Gasteiger partial charge in [-0.05, 0) is 37.0 Å². The van der Waals surface area contributed by atoms with Crippen LogP contribution in [0, 0.1) is 17.2 Å². The second-order valence-electron chi connectivity index (χ2n) is 4.68. The minimum absolute atomic E-state index is 0.00833. The first kappa shape index (κ1) is 11.7. The molecular weight excluding hydrogens is 212 g/mol. The van der Waals surface area contributed by atoms with Gasteiger partial charge in [0, 0.05) is 19.2 Å². The van der Waals surface area contributed by atoms with Crippen molar-refractivity contribution in [2.45, 2.75) is 19.3 Å². The number of nitriles is 1. The highest BCUT2D eigenvalue weighted by Gasteiger charge is 2.21. The quantitative estimate of drug-likeness (QED) is 0.797. The van der Waals surface area contributed by atoms with Crippen LogP contribution in [-0.4, -0.2) is 24.4 Å². The second kappa shape index (κ2) is 5.01. The molecule has 88 valence electrons. The highest BCUT2D eigenvalue weighted by molar-refractivity contribution is 5.94. The van der Waals surface area contributed by atoms with Crippen molar-refractivity contribution in [2.75, 3.05) is 13.6 Å². The van der Waals surface area contributed by atoms with Crippen LogP contribution in [-0.2, 0) is 0 Å². The van der Waals surface area contributed by atoms with E-state index < -0.39 is 0 Å². The molecule has 0 aromatic heterocycles. The van der Waals surface area contributed by atoms with E-state index >= 15 is 0 Å². The molecule has 1 aromatic carbocycles. The van der Waals surface area contributed by atoms with E-state index in [1.165, 1.54) is 19.3 Å². The van der Waals surface area contributed by atoms with Crippen molar-refractivity contribution in [3.05, 3.63) is 35.4 Å². The minimum atomic E-state index is 0.00833. The molecule has 0 bridgehead atoms. The summed E-state index contributed by atoms with van der Waals surface area (Å²) in [6.45, 7) is 0.829. The molecule has 0 atom stereocenters. The molecule has 1 aliphatic rings. The Morgan fingerprint density at radius 2 is 2.29 bits per heavy atom. The number of hydrogen-bond acceptors (Lipinski definition) is 2. The van der Waals surface area contributed by atoms with Gasteiger partial charge in [-0.15, -0.1) is 0 Å². The number of hydrogen-bond donors (Lipinski definition) is 0. The van der Waals surface area contributed by atoms with Crippen LogP contribution in [0.3, 0.4) is 0 Å². The number of nitrogens with zero attached hydrogens (tertiary/aromatic N) is 2. The van der Waals surface area contributed by atoms with Crippen LogP contribution in [0.5, 0.6) is 0 Å². The molecule has 3 nitrogen and oxygen atoms in total. The van der Waals surface area contributed by atoms with Crippen LogP contribution in [0.15, 0.2) is 24.3 Å². The first-order chi connectivity index (χ1) is 8.20. The van der Waals surface area contributed by atoms with Crippen LogP contribution in [0.1, 0.15) is 35.2 Å². The topological polar surface area (TPSA) is 44.1 Å². The molecule has 0 unspecified atom stereocenters. The highest BCUT2D eigenvalue weighted by Crippen LogP contribution is 2.27. The molecule has 3 heteroatoms. The standard InChI is InChI=1S/C14H16N2O/c1-16(10-11-4-2-5-11)14(17)13-7-3-6-12(8-13)9-15/h3,6-8,11H,2,4-5,10H2,1H3. The minimum Gasteiger partial charge on any atom is -0.341 e. The number of rotatable bonds is 3.